The molecule has 2 saturated carbocycles. The number of hydrogen-bond acceptors (Lipinski definition) is 2. The van der Waals surface area contributed by atoms with Crippen LogP contribution in [0.15, 0.2) is 16.6 Å². The summed E-state index contributed by atoms with van der Waals surface area (Å²) in [6.07, 6.45) is 3.33. The highest BCUT2D eigenvalue weighted by molar-refractivity contribution is 9.10. The number of benzene rings is 1. The standard InChI is InChI=1S/C17H18BrNO2/c1-8-6-13(9(2)5-12(8)18)19-16(20)14-10-3-4-11(7-10)15(14)17(19)21/h5-6,10-11,14-15H,3-4,7H2,1-2H3/t10-,11-,14-,15+/m0/s1. The lowest BCUT2D eigenvalue weighted by Gasteiger charge is -2.20. The molecule has 4 atom stereocenters. The molecule has 21 heavy (non-hydrogen) atoms. The molecule has 0 N–H and O–H groups in total. The van der Waals surface area contributed by atoms with E-state index in [0.717, 1.165) is 40.5 Å². The molecule has 3 nitrogen and oxygen atoms in total. The van der Waals surface area contributed by atoms with Crippen LogP contribution in [0, 0.1) is 37.5 Å². The van der Waals surface area contributed by atoms with Crippen LogP contribution >= 0.6 is 15.9 Å². The number of imide groups is 1. The van der Waals surface area contributed by atoms with Gasteiger partial charge in [0.1, 0.15) is 0 Å². The maximum atomic E-state index is 12.8. The van der Waals surface area contributed by atoms with Crippen molar-refractivity contribution < 1.29 is 9.59 Å². The van der Waals surface area contributed by atoms with Gasteiger partial charge in [-0.1, -0.05) is 15.9 Å². The number of aryl methyl sites for hydroxylation is 2. The molecule has 3 fully saturated rings. The molecule has 0 aromatic heterocycles. The average Bonchev–Trinajstić information content (AvgIpc) is 3.09. The van der Waals surface area contributed by atoms with E-state index in [-0.39, 0.29) is 23.7 Å². The molecule has 1 aliphatic heterocycles. The fraction of sp³-hybridized carbons (Fsp3) is 0.529. The molecule has 0 spiro atoms. The van der Waals surface area contributed by atoms with E-state index in [4.69, 9.17) is 0 Å². The molecule has 2 bridgehead atoms. The van der Waals surface area contributed by atoms with Crippen molar-refractivity contribution in [1.29, 1.82) is 0 Å². The number of hydrogen-bond donors (Lipinski definition) is 0. The van der Waals surface area contributed by atoms with Crippen LogP contribution in [0.5, 0.6) is 0 Å². The van der Waals surface area contributed by atoms with Crippen LogP contribution < -0.4 is 4.90 Å². The van der Waals surface area contributed by atoms with Gasteiger partial charge in [-0.05, 0) is 68.2 Å². The minimum Gasteiger partial charge on any atom is -0.274 e. The monoisotopic (exact) mass is 347 g/mol. The third-order valence-corrected chi connectivity index (χ3v) is 6.50. The number of carbonyl (C=O) groups excluding carboxylic acids is 2. The Balaban J connectivity index is 1.79. The molecule has 0 unspecified atom stereocenters. The van der Waals surface area contributed by atoms with E-state index in [9.17, 15) is 9.59 Å². The van der Waals surface area contributed by atoms with Gasteiger partial charge in [-0.3, -0.25) is 9.59 Å². The first-order valence-electron chi connectivity index (χ1n) is 7.63. The maximum Gasteiger partial charge on any atom is 0.237 e. The van der Waals surface area contributed by atoms with E-state index in [1.54, 1.807) is 0 Å². The van der Waals surface area contributed by atoms with Crippen molar-refractivity contribution in [2.75, 3.05) is 4.90 Å². The van der Waals surface area contributed by atoms with Crippen LogP contribution in [0.4, 0.5) is 5.69 Å². The van der Waals surface area contributed by atoms with Crippen LogP contribution in [0.2, 0.25) is 0 Å². The minimum atomic E-state index is -0.0420. The maximum absolute atomic E-state index is 12.8. The second-order valence-corrected chi connectivity index (χ2v) is 7.64. The van der Waals surface area contributed by atoms with Gasteiger partial charge in [0.15, 0.2) is 0 Å². The van der Waals surface area contributed by atoms with Crippen molar-refractivity contribution in [3.05, 3.63) is 27.7 Å². The van der Waals surface area contributed by atoms with Crippen molar-refractivity contribution in [3.8, 4) is 0 Å². The third-order valence-electron chi connectivity index (χ3n) is 5.65. The molecule has 4 heteroatoms. The lowest BCUT2D eigenvalue weighted by molar-refractivity contribution is -0.123. The lowest BCUT2D eigenvalue weighted by atomic mass is 9.81. The third kappa shape index (κ3) is 1.71. The van der Waals surface area contributed by atoms with E-state index in [1.165, 1.54) is 4.90 Å². The van der Waals surface area contributed by atoms with Crippen LogP contribution in [0.1, 0.15) is 30.4 Å². The van der Waals surface area contributed by atoms with Gasteiger partial charge < -0.3 is 0 Å². The summed E-state index contributed by atoms with van der Waals surface area (Å²) in [5.41, 5.74) is 2.80. The largest absolute Gasteiger partial charge is 0.274 e. The number of rotatable bonds is 1. The Morgan fingerprint density at radius 1 is 1.00 bits per heavy atom. The summed E-state index contributed by atoms with van der Waals surface area (Å²) in [6, 6.07) is 3.95. The molecule has 0 radical (unpaired) electrons. The first-order valence-corrected chi connectivity index (χ1v) is 8.43. The molecule has 2 aliphatic carbocycles. The van der Waals surface area contributed by atoms with Crippen LogP contribution in [-0.2, 0) is 9.59 Å². The fourth-order valence-corrected chi connectivity index (χ4v) is 5.11. The predicted molar refractivity (Wildman–Crippen MR) is 83.9 cm³/mol. The summed E-state index contributed by atoms with van der Waals surface area (Å²) >= 11 is 3.51. The van der Waals surface area contributed by atoms with Gasteiger partial charge in [0, 0.05) is 4.47 Å². The molecular formula is C17H18BrNO2. The van der Waals surface area contributed by atoms with Crippen molar-refractivity contribution >= 4 is 33.4 Å². The number of amides is 2. The Labute approximate surface area is 132 Å². The van der Waals surface area contributed by atoms with Gasteiger partial charge in [-0.25, -0.2) is 4.90 Å². The van der Waals surface area contributed by atoms with E-state index in [2.05, 4.69) is 15.9 Å². The molecular weight excluding hydrogens is 330 g/mol. The van der Waals surface area contributed by atoms with Crippen molar-refractivity contribution in [2.45, 2.75) is 33.1 Å². The first kappa shape index (κ1) is 13.5. The van der Waals surface area contributed by atoms with Crippen LogP contribution in [0.25, 0.3) is 0 Å². The Morgan fingerprint density at radius 2 is 1.57 bits per heavy atom. The van der Waals surface area contributed by atoms with Crippen LogP contribution in [0.3, 0.4) is 0 Å². The van der Waals surface area contributed by atoms with Crippen molar-refractivity contribution in [2.24, 2.45) is 23.7 Å². The fourth-order valence-electron chi connectivity index (χ4n) is 4.65. The van der Waals surface area contributed by atoms with E-state index in [0.29, 0.717) is 11.8 Å². The average molecular weight is 348 g/mol. The molecule has 1 saturated heterocycles. The SMILES string of the molecule is Cc1cc(N2C(=O)[C@@H]3[C@H]4CC[C@@H](C4)[C@@H]3C2=O)c(C)cc1Br. The predicted octanol–water partition coefficient (Wildman–Crippen LogP) is 3.60. The summed E-state index contributed by atoms with van der Waals surface area (Å²) in [7, 11) is 0. The van der Waals surface area contributed by atoms with Gasteiger partial charge in [-0.2, -0.15) is 0 Å². The molecule has 2 amide bonds. The molecule has 3 aliphatic rings. The summed E-state index contributed by atoms with van der Waals surface area (Å²) < 4.78 is 1.02. The quantitative estimate of drug-likeness (QED) is 0.728. The van der Waals surface area contributed by atoms with Gasteiger partial charge in [0.25, 0.3) is 0 Å². The zero-order valence-electron chi connectivity index (χ0n) is 12.2. The topological polar surface area (TPSA) is 37.4 Å². The normalized spacial score (nSPS) is 34.0. The van der Waals surface area contributed by atoms with Gasteiger partial charge in [0.05, 0.1) is 17.5 Å². The van der Waals surface area contributed by atoms with Crippen molar-refractivity contribution in [3.63, 3.8) is 0 Å². The molecule has 1 heterocycles. The number of fused-ring (bicyclic) bond motifs is 5. The number of carbonyl (C=O) groups is 2. The molecule has 4 rings (SSSR count). The summed E-state index contributed by atoms with van der Waals surface area (Å²) in [5, 5.41) is 0. The van der Waals surface area contributed by atoms with Gasteiger partial charge >= 0.3 is 0 Å². The van der Waals surface area contributed by atoms with Crippen molar-refractivity contribution in [1.82, 2.24) is 0 Å². The molecule has 110 valence electrons. The lowest BCUT2D eigenvalue weighted by Crippen LogP contribution is -2.33. The Bertz CT molecular complexity index is 641. The Kier molecular flexibility index (Phi) is 2.84. The highest BCUT2D eigenvalue weighted by Gasteiger charge is 2.61. The summed E-state index contributed by atoms with van der Waals surface area (Å²) in [5.74, 6) is 0.889. The zero-order chi connectivity index (χ0) is 14.9. The Hall–Kier alpha value is -1.16. The van der Waals surface area contributed by atoms with Gasteiger partial charge in [-0.15, -0.1) is 0 Å². The molecule has 1 aromatic rings. The second kappa shape index (κ2) is 4.42. The van der Waals surface area contributed by atoms with E-state index >= 15 is 0 Å². The Morgan fingerprint density at radius 3 is 2.14 bits per heavy atom. The highest BCUT2D eigenvalue weighted by atomic mass is 79.9. The van der Waals surface area contributed by atoms with Gasteiger partial charge in [0.2, 0.25) is 11.8 Å². The summed E-state index contributed by atoms with van der Waals surface area (Å²) in [4.78, 5) is 27.1. The van der Waals surface area contributed by atoms with Crippen LogP contribution in [-0.4, -0.2) is 11.8 Å². The highest BCUT2D eigenvalue weighted by Crippen LogP contribution is 2.56. The summed E-state index contributed by atoms with van der Waals surface area (Å²) in [6.45, 7) is 3.95. The first-order chi connectivity index (χ1) is 9.99. The zero-order valence-corrected chi connectivity index (χ0v) is 13.8. The molecule has 1 aromatic carbocycles. The smallest absolute Gasteiger partial charge is 0.237 e. The minimum absolute atomic E-state index is 0.0420. The number of nitrogens with zero attached hydrogens (tertiary/aromatic N) is 1. The number of anilines is 1. The number of halogens is 1. The second-order valence-electron chi connectivity index (χ2n) is 6.78. The van der Waals surface area contributed by atoms with E-state index < -0.39 is 0 Å². The van der Waals surface area contributed by atoms with E-state index in [1.807, 2.05) is 26.0 Å².